The Balaban J connectivity index is 1.26. The van der Waals surface area contributed by atoms with Gasteiger partial charge in [0.2, 0.25) is 12.7 Å². The molecule has 0 spiro atoms. The Morgan fingerprint density at radius 1 is 1.23 bits per heavy atom. The summed E-state index contributed by atoms with van der Waals surface area (Å²) in [5.41, 5.74) is 2.97. The van der Waals surface area contributed by atoms with E-state index in [1.807, 2.05) is 49.4 Å². The van der Waals surface area contributed by atoms with Crippen molar-refractivity contribution in [2.75, 3.05) is 6.79 Å². The van der Waals surface area contributed by atoms with E-state index in [9.17, 15) is 4.79 Å². The average molecular weight is 349 g/mol. The number of carbonyl (C=O) groups excluding carboxylic acids is 1. The molecule has 5 rings (SSSR count). The molecule has 2 aliphatic rings. The average Bonchev–Trinajstić information content (AvgIpc) is 3.12. The topological polar surface area (TPSA) is 76.2 Å². The number of benzene rings is 2. The molecule has 1 aliphatic carbocycles. The largest absolute Gasteiger partial charge is 0.454 e. The molecule has 2 N–H and O–H groups in total. The standard InChI is InChI=1S/C20H19N3O3/c1-11(12-6-7-17-18(8-12)26-10-25-17)21-20(24)14-9-13(14)19-22-15-4-2-3-5-16(15)23-19/h2-8,11,13-14H,9-10H2,1H3,(H,21,24)(H,22,23)/t11-,13+,14?/m1/s1. The number of carbonyl (C=O) groups is 1. The van der Waals surface area contributed by atoms with E-state index < -0.39 is 0 Å². The van der Waals surface area contributed by atoms with Crippen LogP contribution in [0.5, 0.6) is 11.5 Å². The zero-order valence-electron chi connectivity index (χ0n) is 14.4. The minimum absolute atomic E-state index is 0.0213. The second kappa shape index (κ2) is 5.76. The van der Waals surface area contributed by atoms with Crippen LogP contribution in [0.15, 0.2) is 42.5 Å². The first-order valence-electron chi connectivity index (χ1n) is 8.83. The molecule has 1 amide bonds. The molecule has 1 fully saturated rings. The van der Waals surface area contributed by atoms with Crippen LogP contribution >= 0.6 is 0 Å². The lowest BCUT2D eigenvalue weighted by molar-refractivity contribution is -0.123. The van der Waals surface area contributed by atoms with Gasteiger partial charge in [-0.25, -0.2) is 4.98 Å². The molecule has 6 heteroatoms. The zero-order valence-corrected chi connectivity index (χ0v) is 14.4. The maximum atomic E-state index is 12.6. The van der Waals surface area contributed by atoms with Crippen molar-refractivity contribution in [3.8, 4) is 11.5 Å². The van der Waals surface area contributed by atoms with E-state index in [4.69, 9.17) is 9.47 Å². The zero-order chi connectivity index (χ0) is 17.7. The van der Waals surface area contributed by atoms with Gasteiger partial charge in [0.25, 0.3) is 0 Å². The van der Waals surface area contributed by atoms with Crippen LogP contribution in [0, 0.1) is 5.92 Å². The highest BCUT2D eigenvalue weighted by molar-refractivity contribution is 5.83. The third kappa shape index (κ3) is 2.58. The van der Waals surface area contributed by atoms with Crippen LogP contribution in [0.3, 0.4) is 0 Å². The second-order valence-electron chi connectivity index (χ2n) is 6.93. The number of nitrogens with one attached hydrogen (secondary N) is 2. The summed E-state index contributed by atoms with van der Waals surface area (Å²) in [7, 11) is 0. The fourth-order valence-electron chi connectivity index (χ4n) is 3.52. The Labute approximate surface area is 150 Å². The summed E-state index contributed by atoms with van der Waals surface area (Å²) in [4.78, 5) is 20.6. The third-order valence-electron chi connectivity index (χ3n) is 5.14. The van der Waals surface area contributed by atoms with Crippen LogP contribution < -0.4 is 14.8 Å². The van der Waals surface area contributed by atoms with Crippen molar-refractivity contribution >= 4 is 16.9 Å². The number of para-hydroxylation sites is 2. The van der Waals surface area contributed by atoms with Gasteiger partial charge in [0.05, 0.1) is 17.1 Å². The van der Waals surface area contributed by atoms with Crippen molar-refractivity contribution in [2.24, 2.45) is 5.92 Å². The second-order valence-corrected chi connectivity index (χ2v) is 6.93. The van der Waals surface area contributed by atoms with Crippen LogP contribution in [0.25, 0.3) is 11.0 Å². The molecular weight excluding hydrogens is 330 g/mol. The monoisotopic (exact) mass is 349 g/mol. The number of imidazole rings is 1. The molecule has 132 valence electrons. The van der Waals surface area contributed by atoms with Crippen molar-refractivity contribution in [3.63, 3.8) is 0 Å². The molecule has 0 saturated heterocycles. The van der Waals surface area contributed by atoms with Gasteiger partial charge in [-0.15, -0.1) is 0 Å². The number of H-pyrrole nitrogens is 1. The molecule has 1 aliphatic heterocycles. The van der Waals surface area contributed by atoms with E-state index in [2.05, 4.69) is 15.3 Å². The summed E-state index contributed by atoms with van der Waals surface area (Å²) in [5, 5.41) is 3.11. The molecule has 3 aromatic rings. The molecular formula is C20H19N3O3. The van der Waals surface area contributed by atoms with Crippen LogP contribution in [0.2, 0.25) is 0 Å². The molecule has 1 aromatic heterocycles. The summed E-state index contributed by atoms with van der Waals surface area (Å²) < 4.78 is 10.7. The lowest BCUT2D eigenvalue weighted by Gasteiger charge is -2.14. The van der Waals surface area contributed by atoms with Gasteiger partial charge in [0.15, 0.2) is 11.5 Å². The molecule has 2 aromatic carbocycles. The van der Waals surface area contributed by atoms with E-state index in [1.54, 1.807) is 0 Å². The third-order valence-corrected chi connectivity index (χ3v) is 5.14. The van der Waals surface area contributed by atoms with Gasteiger partial charge in [-0.1, -0.05) is 18.2 Å². The van der Waals surface area contributed by atoms with Crippen molar-refractivity contribution in [1.82, 2.24) is 15.3 Å². The molecule has 3 atom stereocenters. The number of fused-ring (bicyclic) bond motifs is 2. The molecule has 1 saturated carbocycles. The van der Waals surface area contributed by atoms with Gasteiger partial charge in [0.1, 0.15) is 5.82 Å². The SMILES string of the molecule is C[C@@H](NC(=O)C1C[C@@H]1c1nc2ccccc2[nH]1)c1ccc2c(c1)OCO2. The van der Waals surface area contributed by atoms with E-state index in [1.165, 1.54) is 0 Å². The number of aromatic nitrogens is 2. The number of rotatable bonds is 4. The Morgan fingerprint density at radius 2 is 2.08 bits per heavy atom. The first-order valence-corrected chi connectivity index (χ1v) is 8.83. The molecule has 26 heavy (non-hydrogen) atoms. The lowest BCUT2D eigenvalue weighted by atomic mass is 10.1. The molecule has 2 heterocycles. The first-order chi connectivity index (χ1) is 12.7. The number of amides is 1. The van der Waals surface area contributed by atoms with E-state index in [0.717, 1.165) is 40.3 Å². The van der Waals surface area contributed by atoms with E-state index in [-0.39, 0.29) is 30.6 Å². The summed E-state index contributed by atoms with van der Waals surface area (Å²) in [6, 6.07) is 13.6. The minimum Gasteiger partial charge on any atom is -0.454 e. The fourth-order valence-corrected chi connectivity index (χ4v) is 3.52. The lowest BCUT2D eigenvalue weighted by Crippen LogP contribution is -2.28. The van der Waals surface area contributed by atoms with Gasteiger partial charge < -0.3 is 19.8 Å². The van der Waals surface area contributed by atoms with Gasteiger partial charge >= 0.3 is 0 Å². The predicted octanol–water partition coefficient (Wildman–Crippen LogP) is 3.27. The molecule has 0 bridgehead atoms. The van der Waals surface area contributed by atoms with E-state index >= 15 is 0 Å². The summed E-state index contributed by atoms with van der Waals surface area (Å²) in [5.74, 6) is 2.61. The normalized spacial score (nSPS) is 21.6. The highest BCUT2D eigenvalue weighted by Crippen LogP contribution is 2.47. The Hall–Kier alpha value is -3.02. The maximum Gasteiger partial charge on any atom is 0.231 e. The molecule has 1 unspecified atom stereocenters. The van der Waals surface area contributed by atoms with Gasteiger partial charge in [-0.05, 0) is 43.2 Å². The highest BCUT2D eigenvalue weighted by Gasteiger charge is 2.46. The maximum absolute atomic E-state index is 12.6. The van der Waals surface area contributed by atoms with Gasteiger partial charge in [-0.2, -0.15) is 0 Å². The van der Waals surface area contributed by atoms with Crippen molar-refractivity contribution < 1.29 is 14.3 Å². The van der Waals surface area contributed by atoms with Crippen LogP contribution in [-0.4, -0.2) is 22.7 Å². The molecule has 6 nitrogen and oxygen atoms in total. The van der Waals surface area contributed by atoms with Crippen LogP contribution in [-0.2, 0) is 4.79 Å². The minimum atomic E-state index is -0.0890. The van der Waals surface area contributed by atoms with E-state index in [0.29, 0.717) is 0 Å². The van der Waals surface area contributed by atoms with Crippen LogP contribution in [0.4, 0.5) is 0 Å². The number of hydrogen-bond acceptors (Lipinski definition) is 4. The number of ether oxygens (including phenoxy) is 2. The van der Waals surface area contributed by atoms with Crippen molar-refractivity contribution in [2.45, 2.75) is 25.3 Å². The van der Waals surface area contributed by atoms with Gasteiger partial charge in [-0.3, -0.25) is 4.79 Å². The Morgan fingerprint density at radius 3 is 2.96 bits per heavy atom. The fraction of sp³-hybridized carbons (Fsp3) is 0.300. The number of hydrogen-bond donors (Lipinski definition) is 2. The summed E-state index contributed by atoms with van der Waals surface area (Å²) in [6.07, 6.45) is 0.833. The quantitative estimate of drug-likeness (QED) is 0.758. The highest BCUT2D eigenvalue weighted by atomic mass is 16.7. The Kier molecular flexibility index (Phi) is 3.38. The predicted molar refractivity (Wildman–Crippen MR) is 96.1 cm³/mol. The van der Waals surface area contributed by atoms with Crippen molar-refractivity contribution in [1.29, 1.82) is 0 Å². The molecule has 0 radical (unpaired) electrons. The van der Waals surface area contributed by atoms with Crippen molar-refractivity contribution in [3.05, 3.63) is 53.9 Å². The summed E-state index contributed by atoms with van der Waals surface area (Å²) >= 11 is 0. The number of nitrogens with zero attached hydrogens (tertiary/aromatic N) is 1. The Bertz CT molecular complexity index is 964. The summed E-state index contributed by atoms with van der Waals surface area (Å²) in [6.45, 7) is 2.23. The first kappa shape index (κ1) is 15.3. The number of aromatic amines is 1. The van der Waals surface area contributed by atoms with Crippen LogP contribution in [0.1, 0.15) is 36.7 Å². The smallest absolute Gasteiger partial charge is 0.231 e. The van der Waals surface area contributed by atoms with Gasteiger partial charge in [0, 0.05) is 11.8 Å².